The van der Waals surface area contributed by atoms with E-state index in [1.54, 1.807) is 0 Å². The third kappa shape index (κ3) is 1.95. The van der Waals surface area contributed by atoms with Crippen LogP contribution in [0.2, 0.25) is 0 Å². The number of allylic oxidation sites excluding steroid dienone is 2. The Morgan fingerprint density at radius 3 is 2.56 bits per heavy atom. The summed E-state index contributed by atoms with van der Waals surface area (Å²) in [6.07, 6.45) is 5.57. The van der Waals surface area contributed by atoms with Gasteiger partial charge in [-0.1, -0.05) is 55.3 Å². The highest BCUT2D eigenvalue weighted by atomic mass is 16.1. The number of unbranched alkanes of at least 4 members (excludes halogenated alkanes) is 1. The molecule has 0 aliphatic heterocycles. The van der Waals surface area contributed by atoms with Crippen LogP contribution < -0.4 is 0 Å². The maximum Gasteiger partial charge on any atom is 0.176 e. The van der Waals surface area contributed by atoms with E-state index in [1.165, 1.54) is 18.4 Å². The van der Waals surface area contributed by atoms with Crippen molar-refractivity contribution in [1.29, 1.82) is 0 Å². The maximum absolute atomic E-state index is 12.3. The van der Waals surface area contributed by atoms with Gasteiger partial charge in [0.25, 0.3) is 0 Å². The highest BCUT2D eigenvalue weighted by Gasteiger charge is 2.45. The van der Waals surface area contributed by atoms with Gasteiger partial charge in [0, 0.05) is 5.56 Å². The Morgan fingerprint density at radius 1 is 1.25 bits per heavy atom. The summed E-state index contributed by atoms with van der Waals surface area (Å²) in [7, 11) is 0. The van der Waals surface area contributed by atoms with Crippen molar-refractivity contribution in [3.05, 3.63) is 47.5 Å². The van der Waals surface area contributed by atoms with Crippen LogP contribution >= 0.6 is 0 Å². The molecule has 0 radical (unpaired) electrons. The molecule has 1 aromatic rings. The van der Waals surface area contributed by atoms with Gasteiger partial charge in [0.1, 0.15) is 0 Å². The van der Waals surface area contributed by atoms with Gasteiger partial charge in [-0.05, 0) is 19.8 Å². The van der Waals surface area contributed by atoms with Gasteiger partial charge < -0.3 is 0 Å². The molecule has 1 atom stereocenters. The van der Waals surface area contributed by atoms with Gasteiger partial charge >= 0.3 is 0 Å². The second kappa shape index (κ2) is 4.25. The molecule has 0 heterocycles. The SMILES string of the molecule is CCCCC1=CC1(C)C(=O)c1ccccc1. The lowest BCUT2D eigenvalue weighted by molar-refractivity contribution is 0.0924. The van der Waals surface area contributed by atoms with Gasteiger partial charge in [0.2, 0.25) is 0 Å². The Morgan fingerprint density at radius 2 is 1.94 bits per heavy atom. The molecule has 1 aromatic carbocycles. The summed E-state index contributed by atoms with van der Waals surface area (Å²) < 4.78 is 0. The number of rotatable bonds is 5. The van der Waals surface area contributed by atoms with Gasteiger partial charge in [-0.2, -0.15) is 0 Å². The number of carbonyl (C=O) groups excluding carboxylic acids is 1. The third-order valence-corrected chi connectivity index (χ3v) is 3.35. The minimum absolute atomic E-state index is 0.249. The van der Waals surface area contributed by atoms with E-state index < -0.39 is 0 Å². The van der Waals surface area contributed by atoms with E-state index in [0.717, 1.165) is 12.0 Å². The molecule has 16 heavy (non-hydrogen) atoms. The third-order valence-electron chi connectivity index (χ3n) is 3.35. The van der Waals surface area contributed by atoms with Gasteiger partial charge in [-0.15, -0.1) is 0 Å². The van der Waals surface area contributed by atoms with Crippen LogP contribution in [0.4, 0.5) is 0 Å². The predicted octanol–water partition coefficient (Wildman–Crippen LogP) is 4.01. The lowest BCUT2D eigenvalue weighted by Gasteiger charge is -2.11. The Hall–Kier alpha value is -1.37. The monoisotopic (exact) mass is 214 g/mol. The smallest absolute Gasteiger partial charge is 0.176 e. The topological polar surface area (TPSA) is 17.1 Å². The largest absolute Gasteiger partial charge is 0.293 e. The Balaban J connectivity index is 2.03. The molecule has 1 heteroatoms. The second-order valence-corrected chi connectivity index (χ2v) is 4.67. The van der Waals surface area contributed by atoms with Crippen LogP contribution in [0, 0.1) is 5.41 Å². The van der Waals surface area contributed by atoms with Crippen molar-refractivity contribution in [3.8, 4) is 0 Å². The van der Waals surface area contributed by atoms with Gasteiger partial charge in [-0.3, -0.25) is 4.79 Å². The number of benzene rings is 1. The van der Waals surface area contributed by atoms with E-state index in [-0.39, 0.29) is 11.2 Å². The average Bonchev–Trinajstić information content (AvgIpc) is 2.99. The summed E-state index contributed by atoms with van der Waals surface area (Å²) in [5.41, 5.74) is 1.88. The lowest BCUT2D eigenvalue weighted by atomic mass is 9.90. The molecule has 2 rings (SSSR count). The van der Waals surface area contributed by atoms with Crippen molar-refractivity contribution in [2.45, 2.75) is 33.1 Å². The fraction of sp³-hybridized carbons (Fsp3) is 0.400. The molecule has 1 unspecified atom stereocenters. The highest BCUT2D eigenvalue weighted by Crippen LogP contribution is 2.48. The minimum Gasteiger partial charge on any atom is -0.293 e. The maximum atomic E-state index is 12.3. The Bertz CT molecular complexity index is 416. The summed E-state index contributed by atoms with van der Waals surface area (Å²) in [6, 6.07) is 9.58. The molecule has 0 bridgehead atoms. The summed E-state index contributed by atoms with van der Waals surface area (Å²) in [5, 5.41) is 0. The Labute approximate surface area is 97.2 Å². The molecular weight excluding hydrogens is 196 g/mol. The van der Waals surface area contributed by atoms with Crippen LogP contribution in [0.15, 0.2) is 42.0 Å². The molecule has 0 fully saturated rings. The van der Waals surface area contributed by atoms with Crippen LogP contribution in [0.1, 0.15) is 43.5 Å². The van der Waals surface area contributed by atoms with Gasteiger partial charge in [-0.25, -0.2) is 0 Å². The molecule has 1 aliphatic carbocycles. The lowest BCUT2D eigenvalue weighted by Crippen LogP contribution is -2.15. The van der Waals surface area contributed by atoms with Crippen molar-refractivity contribution in [3.63, 3.8) is 0 Å². The number of carbonyl (C=O) groups is 1. The molecule has 0 N–H and O–H groups in total. The number of hydrogen-bond donors (Lipinski definition) is 0. The van der Waals surface area contributed by atoms with E-state index in [9.17, 15) is 4.79 Å². The summed E-state index contributed by atoms with van der Waals surface area (Å²) >= 11 is 0. The van der Waals surface area contributed by atoms with Crippen molar-refractivity contribution in [1.82, 2.24) is 0 Å². The van der Waals surface area contributed by atoms with Crippen molar-refractivity contribution < 1.29 is 4.79 Å². The van der Waals surface area contributed by atoms with Crippen LogP contribution in [0.3, 0.4) is 0 Å². The molecule has 0 spiro atoms. The van der Waals surface area contributed by atoms with Crippen LogP contribution in [-0.2, 0) is 0 Å². The number of Topliss-reactive ketones (excluding diaryl/α,β-unsaturated/α-hetero) is 1. The van der Waals surface area contributed by atoms with E-state index in [2.05, 4.69) is 13.0 Å². The zero-order chi connectivity index (χ0) is 11.6. The van der Waals surface area contributed by atoms with Crippen LogP contribution in [0.25, 0.3) is 0 Å². The number of ketones is 1. The first-order valence-corrected chi connectivity index (χ1v) is 6.00. The highest BCUT2D eigenvalue weighted by molar-refractivity contribution is 6.06. The molecule has 84 valence electrons. The number of hydrogen-bond acceptors (Lipinski definition) is 1. The van der Waals surface area contributed by atoms with Gasteiger partial charge in [0.05, 0.1) is 5.41 Å². The second-order valence-electron chi connectivity index (χ2n) is 4.67. The average molecular weight is 214 g/mol. The molecule has 0 amide bonds. The predicted molar refractivity (Wildman–Crippen MR) is 66.5 cm³/mol. The minimum atomic E-state index is -0.267. The zero-order valence-electron chi connectivity index (χ0n) is 9.99. The van der Waals surface area contributed by atoms with Gasteiger partial charge in [0.15, 0.2) is 5.78 Å². The van der Waals surface area contributed by atoms with Crippen LogP contribution in [-0.4, -0.2) is 5.78 Å². The summed E-state index contributed by atoms with van der Waals surface area (Å²) in [4.78, 5) is 12.3. The first-order chi connectivity index (χ1) is 7.68. The van der Waals surface area contributed by atoms with Crippen molar-refractivity contribution in [2.24, 2.45) is 5.41 Å². The normalized spacial score (nSPS) is 22.8. The first kappa shape index (κ1) is 11.1. The first-order valence-electron chi connectivity index (χ1n) is 6.00. The standard InChI is InChI=1S/C15H18O/c1-3-4-10-13-11-15(13,2)14(16)12-8-6-5-7-9-12/h5-9,11H,3-4,10H2,1-2H3. The van der Waals surface area contributed by atoms with E-state index in [0.29, 0.717) is 0 Å². The van der Waals surface area contributed by atoms with Crippen molar-refractivity contribution >= 4 is 5.78 Å². The van der Waals surface area contributed by atoms with E-state index in [4.69, 9.17) is 0 Å². The molecular formula is C15H18O. The summed E-state index contributed by atoms with van der Waals surface area (Å²) in [6.45, 7) is 4.21. The fourth-order valence-corrected chi connectivity index (χ4v) is 2.11. The molecule has 1 aliphatic rings. The van der Waals surface area contributed by atoms with E-state index >= 15 is 0 Å². The fourth-order valence-electron chi connectivity index (χ4n) is 2.11. The molecule has 0 saturated carbocycles. The van der Waals surface area contributed by atoms with E-state index in [1.807, 2.05) is 37.3 Å². The van der Waals surface area contributed by atoms with Crippen LogP contribution in [0.5, 0.6) is 0 Å². The molecule has 0 saturated heterocycles. The summed E-state index contributed by atoms with van der Waals surface area (Å²) in [5.74, 6) is 0.249. The van der Waals surface area contributed by atoms with Crippen molar-refractivity contribution in [2.75, 3.05) is 0 Å². The molecule has 1 nitrogen and oxygen atoms in total. The molecule has 0 aromatic heterocycles. The Kier molecular flexibility index (Phi) is 2.95. The quantitative estimate of drug-likeness (QED) is 0.534. The zero-order valence-corrected chi connectivity index (χ0v) is 9.99.